The summed E-state index contributed by atoms with van der Waals surface area (Å²) < 4.78 is 5.49. The Kier molecular flexibility index (Phi) is 4.49. The lowest BCUT2D eigenvalue weighted by molar-refractivity contribution is -0.384. The standard InChI is InChI=1S/C11H15ClN4O3/c1-15(4-5-19-6-8-2-3-8)11-9(16(17)18)10(12)13-7-14-11/h7-8H,2-6H2,1H3. The van der Waals surface area contributed by atoms with Crippen molar-refractivity contribution in [2.45, 2.75) is 12.8 Å². The van der Waals surface area contributed by atoms with Crippen molar-refractivity contribution in [2.75, 3.05) is 31.7 Å². The van der Waals surface area contributed by atoms with Gasteiger partial charge in [-0.3, -0.25) is 10.1 Å². The van der Waals surface area contributed by atoms with Crippen molar-refractivity contribution >= 4 is 23.1 Å². The molecule has 0 radical (unpaired) electrons. The third-order valence-electron chi connectivity index (χ3n) is 2.92. The maximum absolute atomic E-state index is 11.0. The summed E-state index contributed by atoms with van der Waals surface area (Å²) in [6, 6.07) is 0. The van der Waals surface area contributed by atoms with Gasteiger partial charge in [-0.05, 0) is 18.8 Å². The molecule has 0 atom stereocenters. The molecular weight excluding hydrogens is 272 g/mol. The minimum Gasteiger partial charge on any atom is -0.379 e. The number of aromatic nitrogens is 2. The molecule has 0 aromatic carbocycles. The van der Waals surface area contributed by atoms with Crippen molar-refractivity contribution in [1.29, 1.82) is 0 Å². The van der Waals surface area contributed by atoms with E-state index in [1.165, 1.54) is 19.2 Å². The van der Waals surface area contributed by atoms with Gasteiger partial charge in [0.05, 0.1) is 11.5 Å². The molecule has 1 aromatic heterocycles. The summed E-state index contributed by atoms with van der Waals surface area (Å²) >= 11 is 5.73. The highest BCUT2D eigenvalue weighted by molar-refractivity contribution is 6.31. The number of halogens is 1. The van der Waals surface area contributed by atoms with Gasteiger partial charge in [0, 0.05) is 20.2 Å². The van der Waals surface area contributed by atoms with Crippen LogP contribution in [-0.4, -0.2) is 41.7 Å². The molecule has 0 bridgehead atoms. The van der Waals surface area contributed by atoms with Crippen LogP contribution in [-0.2, 0) is 4.74 Å². The molecule has 0 saturated heterocycles. The van der Waals surface area contributed by atoms with Gasteiger partial charge in [-0.25, -0.2) is 9.97 Å². The zero-order chi connectivity index (χ0) is 13.8. The first kappa shape index (κ1) is 14.0. The summed E-state index contributed by atoms with van der Waals surface area (Å²) in [6.45, 7) is 1.78. The molecule has 1 aliphatic rings. The minimum atomic E-state index is -0.570. The van der Waals surface area contributed by atoms with Gasteiger partial charge in [0.15, 0.2) is 0 Å². The van der Waals surface area contributed by atoms with Crippen LogP contribution in [0.25, 0.3) is 0 Å². The molecule has 0 aliphatic heterocycles. The lowest BCUT2D eigenvalue weighted by atomic mass is 10.4. The number of nitrogens with zero attached hydrogens (tertiary/aromatic N) is 4. The van der Waals surface area contributed by atoms with E-state index in [2.05, 4.69) is 9.97 Å². The fraction of sp³-hybridized carbons (Fsp3) is 0.636. The van der Waals surface area contributed by atoms with Gasteiger partial charge in [0.25, 0.3) is 0 Å². The fourth-order valence-electron chi connectivity index (χ4n) is 1.63. The van der Waals surface area contributed by atoms with E-state index in [1.54, 1.807) is 11.9 Å². The van der Waals surface area contributed by atoms with Crippen LogP contribution in [0.1, 0.15) is 12.8 Å². The van der Waals surface area contributed by atoms with Gasteiger partial charge in [-0.2, -0.15) is 0 Å². The van der Waals surface area contributed by atoms with Gasteiger partial charge < -0.3 is 9.64 Å². The van der Waals surface area contributed by atoms with E-state index in [4.69, 9.17) is 16.3 Å². The fourth-order valence-corrected chi connectivity index (χ4v) is 1.82. The summed E-state index contributed by atoms with van der Waals surface area (Å²) in [5.74, 6) is 0.910. The van der Waals surface area contributed by atoms with Crippen LogP contribution in [0.15, 0.2) is 6.33 Å². The van der Waals surface area contributed by atoms with E-state index in [1.807, 2.05) is 0 Å². The van der Waals surface area contributed by atoms with E-state index < -0.39 is 4.92 Å². The highest BCUT2D eigenvalue weighted by atomic mass is 35.5. The topological polar surface area (TPSA) is 81.4 Å². The quantitative estimate of drug-likeness (QED) is 0.329. The SMILES string of the molecule is CN(CCOCC1CC1)c1ncnc(Cl)c1[N+](=O)[O-]. The first-order chi connectivity index (χ1) is 9.09. The summed E-state index contributed by atoms with van der Waals surface area (Å²) in [5.41, 5.74) is -0.270. The second kappa shape index (κ2) is 6.12. The van der Waals surface area contributed by atoms with E-state index in [9.17, 15) is 10.1 Å². The Balaban J connectivity index is 1.95. The first-order valence-corrected chi connectivity index (χ1v) is 6.41. The van der Waals surface area contributed by atoms with Crippen molar-refractivity contribution in [2.24, 2.45) is 5.92 Å². The molecule has 1 saturated carbocycles. The van der Waals surface area contributed by atoms with E-state index >= 15 is 0 Å². The Morgan fingerprint density at radius 3 is 2.95 bits per heavy atom. The summed E-state index contributed by atoms with van der Waals surface area (Å²) in [6.07, 6.45) is 3.69. The van der Waals surface area contributed by atoms with Crippen molar-refractivity contribution in [3.05, 3.63) is 21.6 Å². The smallest absolute Gasteiger partial charge is 0.348 e. The zero-order valence-electron chi connectivity index (χ0n) is 10.6. The van der Waals surface area contributed by atoms with Gasteiger partial charge in [0.2, 0.25) is 11.0 Å². The number of nitro groups is 1. The van der Waals surface area contributed by atoms with Crippen LogP contribution >= 0.6 is 11.6 Å². The number of likely N-dealkylation sites (N-methyl/N-ethyl adjacent to an activating group) is 1. The predicted octanol–water partition coefficient (Wildman–Crippen LogP) is 1.90. The summed E-state index contributed by atoms with van der Waals surface area (Å²) in [4.78, 5) is 19.6. The average molecular weight is 287 g/mol. The number of hydrogen-bond acceptors (Lipinski definition) is 6. The van der Waals surface area contributed by atoms with E-state index in [0.29, 0.717) is 19.1 Å². The molecule has 104 valence electrons. The highest BCUT2D eigenvalue weighted by Gasteiger charge is 2.24. The second-order valence-corrected chi connectivity index (χ2v) is 4.89. The predicted molar refractivity (Wildman–Crippen MR) is 70.5 cm³/mol. The van der Waals surface area contributed by atoms with E-state index in [-0.39, 0.29) is 16.7 Å². The van der Waals surface area contributed by atoms with Crippen LogP contribution < -0.4 is 4.90 Å². The molecule has 2 rings (SSSR count). The maximum atomic E-state index is 11.0. The molecular formula is C11H15ClN4O3. The Morgan fingerprint density at radius 1 is 1.58 bits per heavy atom. The molecule has 8 heteroatoms. The summed E-state index contributed by atoms with van der Waals surface area (Å²) in [7, 11) is 1.71. The second-order valence-electron chi connectivity index (χ2n) is 4.53. The molecule has 0 unspecified atom stereocenters. The molecule has 1 aliphatic carbocycles. The van der Waals surface area contributed by atoms with E-state index in [0.717, 1.165) is 6.61 Å². The highest BCUT2D eigenvalue weighted by Crippen LogP contribution is 2.31. The van der Waals surface area contributed by atoms with Crippen molar-refractivity contribution in [3.63, 3.8) is 0 Å². The summed E-state index contributed by atoms with van der Waals surface area (Å²) in [5, 5.41) is 10.8. The average Bonchev–Trinajstić information content (AvgIpc) is 3.17. The molecule has 7 nitrogen and oxygen atoms in total. The molecule has 0 N–H and O–H groups in total. The van der Waals surface area contributed by atoms with Gasteiger partial charge in [-0.15, -0.1) is 0 Å². The van der Waals surface area contributed by atoms with Crippen LogP contribution in [0.2, 0.25) is 5.15 Å². The van der Waals surface area contributed by atoms with Crippen molar-refractivity contribution in [3.8, 4) is 0 Å². The Morgan fingerprint density at radius 2 is 2.32 bits per heavy atom. The van der Waals surface area contributed by atoms with Crippen LogP contribution in [0, 0.1) is 16.0 Å². The maximum Gasteiger partial charge on any atom is 0.348 e. The van der Waals surface area contributed by atoms with Gasteiger partial charge in [-0.1, -0.05) is 11.6 Å². The van der Waals surface area contributed by atoms with Crippen LogP contribution in [0.3, 0.4) is 0 Å². The molecule has 1 aromatic rings. The van der Waals surface area contributed by atoms with Gasteiger partial charge in [0.1, 0.15) is 6.33 Å². The monoisotopic (exact) mass is 286 g/mol. The lowest BCUT2D eigenvalue weighted by Crippen LogP contribution is -2.25. The third kappa shape index (κ3) is 3.74. The Bertz CT molecular complexity index is 467. The normalized spacial score (nSPS) is 14.4. The number of anilines is 1. The first-order valence-electron chi connectivity index (χ1n) is 6.03. The van der Waals surface area contributed by atoms with Crippen LogP contribution in [0.4, 0.5) is 11.5 Å². The third-order valence-corrected chi connectivity index (χ3v) is 3.20. The molecule has 1 heterocycles. The molecule has 19 heavy (non-hydrogen) atoms. The Labute approximate surface area is 115 Å². The minimum absolute atomic E-state index is 0.152. The molecule has 0 spiro atoms. The van der Waals surface area contributed by atoms with Gasteiger partial charge >= 0.3 is 5.69 Å². The number of ether oxygens (including phenoxy) is 1. The van der Waals surface area contributed by atoms with Crippen molar-refractivity contribution in [1.82, 2.24) is 9.97 Å². The number of hydrogen-bond donors (Lipinski definition) is 0. The van der Waals surface area contributed by atoms with Crippen LogP contribution in [0.5, 0.6) is 0 Å². The largest absolute Gasteiger partial charge is 0.379 e. The molecule has 1 fully saturated rings. The molecule has 0 amide bonds. The zero-order valence-corrected chi connectivity index (χ0v) is 11.3. The number of rotatable bonds is 7. The Hall–Kier alpha value is -1.47. The lowest BCUT2D eigenvalue weighted by Gasteiger charge is -2.17. The van der Waals surface area contributed by atoms with Crippen molar-refractivity contribution < 1.29 is 9.66 Å².